The first-order valence-corrected chi connectivity index (χ1v) is 7.37. The molecule has 1 aromatic heterocycles. The highest BCUT2D eigenvalue weighted by Gasteiger charge is 2.30. The fraction of sp³-hybridized carbons (Fsp3) is 0.467. The average Bonchev–Trinajstić information content (AvgIpc) is 3.20. The lowest BCUT2D eigenvalue weighted by Gasteiger charge is -2.20. The molecule has 1 amide bonds. The quantitative estimate of drug-likeness (QED) is 0.575. The van der Waals surface area contributed by atoms with Crippen molar-refractivity contribution in [3.05, 3.63) is 35.6 Å². The van der Waals surface area contributed by atoms with E-state index in [-0.39, 0.29) is 19.0 Å². The first kappa shape index (κ1) is 15.6. The molecule has 0 saturated heterocycles. The van der Waals surface area contributed by atoms with Gasteiger partial charge in [-0.1, -0.05) is 17.7 Å². The average molecular weight is 311 g/mol. The molecule has 1 fully saturated rings. The lowest BCUT2D eigenvalue weighted by molar-refractivity contribution is -0.143. The van der Waals surface area contributed by atoms with E-state index in [2.05, 4.69) is 6.58 Å². The van der Waals surface area contributed by atoms with Gasteiger partial charge in [-0.3, -0.25) is 9.59 Å². The van der Waals surface area contributed by atoms with Crippen LogP contribution in [0.2, 0.25) is 5.02 Å². The van der Waals surface area contributed by atoms with Crippen molar-refractivity contribution in [1.82, 2.24) is 9.47 Å². The molecule has 2 rings (SSSR count). The van der Waals surface area contributed by atoms with Crippen molar-refractivity contribution >= 4 is 23.5 Å². The first-order chi connectivity index (χ1) is 10.1. The molecule has 0 spiro atoms. The minimum Gasteiger partial charge on any atom is -0.465 e. The minimum atomic E-state index is -0.427. The lowest BCUT2D eigenvalue weighted by Crippen LogP contribution is -2.37. The summed E-state index contributed by atoms with van der Waals surface area (Å²) in [6.07, 6.45) is 5.45. The first-order valence-electron chi connectivity index (χ1n) is 7.00. The highest BCUT2D eigenvalue weighted by atomic mass is 35.5. The number of rotatable bonds is 7. The highest BCUT2D eigenvalue weighted by molar-refractivity contribution is 6.31. The molecule has 0 aliphatic heterocycles. The maximum Gasteiger partial charge on any atom is 0.325 e. The van der Waals surface area contributed by atoms with Crippen molar-refractivity contribution in [3.63, 3.8) is 0 Å². The Kier molecular flexibility index (Phi) is 5.07. The molecule has 1 saturated carbocycles. The largest absolute Gasteiger partial charge is 0.465 e. The molecular formula is C15H19ClN2O3. The summed E-state index contributed by atoms with van der Waals surface area (Å²) in [5.41, 5.74) is 0.508. The standard InChI is InChI=1S/C15H19ClN2O3/c1-3-7-17(10-14(19)21-4-2)15(20)13-8-11(16)9-18(13)12-5-6-12/h3,8-9,12H,1,4-7,10H2,2H3. The van der Waals surface area contributed by atoms with Crippen molar-refractivity contribution < 1.29 is 14.3 Å². The fourth-order valence-electron chi connectivity index (χ4n) is 2.17. The number of amides is 1. The van der Waals surface area contributed by atoms with E-state index in [1.807, 2.05) is 4.57 Å². The Morgan fingerprint density at radius 1 is 1.57 bits per heavy atom. The van der Waals surface area contributed by atoms with E-state index in [1.165, 1.54) is 4.90 Å². The van der Waals surface area contributed by atoms with Crippen LogP contribution in [0, 0.1) is 0 Å². The summed E-state index contributed by atoms with van der Waals surface area (Å²) >= 11 is 6.02. The SMILES string of the molecule is C=CCN(CC(=O)OCC)C(=O)c1cc(Cl)cn1C1CC1. The number of carbonyl (C=O) groups is 2. The molecule has 0 atom stereocenters. The van der Waals surface area contributed by atoms with Crippen LogP contribution in [0.3, 0.4) is 0 Å². The van der Waals surface area contributed by atoms with E-state index >= 15 is 0 Å². The van der Waals surface area contributed by atoms with Crippen molar-refractivity contribution in [2.75, 3.05) is 19.7 Å². The number of hydrogen-bond acceptors (Lipinski definition) is 3. The normalized spacial score (nSPS) is 13.8. The fourth-order valence-corrected chi connectivity index (χ4v) is 2.38. The van der Waals surface area contributed by atoms with Crippen LogP contribution in [0.4, 0.5) is 0 Å². The highest BCUT2D eigenvalue weighted by Crippen LogP contribution is 2.37. The minimum absolute atomic E-state index is 0.0911. The number of nitrogens with zero attached hydrogens (tertiary/aromatic N) is 2. The second kappa shape index (κ2) is 6.80. The number of hydrogen-bond donors (Lipinski definition) is 0. The van der Waals surface area contributed by atoms with Crippen molar-refractivity contribution in [2.24, 2.45) is 0 Å². The van der Waals surface area contributed by atoms with Gasteiger partial charge >= 0.3 is 5.97 Å². The van der Waals surface area contributed by atoms with Gasteiger partial charge in [0, 0.05) is 18.8 Å². The third-order valence-electron chi connectivity index (χ3n) is 3.24. The zero-order chi connectivity index (χ0) is 15.4. The Balaban J connectivity index is 2.17. The van der Waals surface area contributed by atoms with Gasteiger partial charge in [-0.05, 0) is 25.8 Å². The van der Waals surface area contributed by atoms with Crippen LogP contribution in [-0.4, -0.2) is 41.0 Å². The third-order valence-corrected chi connectivity index (χ3v) is 3.44. The van der Waals surface area contributed by atoms with Crippen LogP contribution < -0.4 is 0 Å². The Labute approximate surface area is 129 Å². The van der Waals surface area contributed by atoms with Crippen LogP contribution >= 0.6 is 11.6 Å². The molecular weight excluding hydrogens is 292 g/mol. The van der Waals surface area contributed by atoms with E-state index in [0.717, 1.165) is 12.8 Å². The number of aromatic nitrogens is 1. The number of ether oxygens (including phenoxy) is 1. The summed E-state index contributed by atoms with van der Waals surface area (Å²) in [7, 11) is 0. The van der Waals surface area contributed by atoms with Crippen LogP contribution in [0.25, 0.3) is 0 Å². The van der Waals surface area contributed by atoms with E-state index < -0.39 is 5.97 Å². The van der Waals surface area contributed by atoms with Gasteiger partial charge in [-0.25, -0.2) is 0 Å². The molecule has 21 heavy (non-hydrogen) atoms. The maximum atomic E-state index is 12.6. The molecule has 114 valence electrons. The molecule has 1 aliphatic carbocycles. The van der Waals surface area contributed by atoms with Crippen LogP contribution in [0.15, 0.2) is 24.9 Å². The van der Waals surface area contributed by atoms with E-state index in [4.69, 9.17) is 16.3 Å². The summed E-state index contributed by atoms with van der Waals surface area (Å²) in [6.45, 7) is 5.84. The molecule has 0 radical (unpaired) electrons. The zero-order valence-corrected chi connectivity index (χ0v) is 12.8. The van der Waals surface area contributed by atoms with E-state index in [9.17, 15) is 9.59 Å². The monoisotopic (exact) mass is 310 g/mol. The molecule has 0 aromatic carbocycles. The van der Waals surface area contributed by atoms with Gasteiger partial charge in [0.1, 0.15) is 12.2 Å². The van der Waals surface area contributed by atoms with Crippen LogP contribution in [-0.2, 0) is 9.53 Å². The van der Waals surface area contributed by atoms with Gasteiger partial charge in [-0.15, -0.1) is 6.58 Å². The Hall–Kier alpha value is -1.75. The Morgan fingerprint density at radius 2 is 2.29 bits per heavy atom. The summed E-state index contributed by atoms with van der Waals surface area (Å²) in [5, 5.41) is 0.528. The van der Waals surface area contributed by atoms with E-state index in [0.29, 0.717) is 23.4 Å². The van der Waals surface area contributed by atoms with Gasteiger partial charge < -0.3 is 14.2 Å². The van der Waals surface area contributed by atoms with Crippen molar-refractivity contribution in [1.29, 1.82) is 0 Å². The Bertz CT molecular complexity index is 549. The number of halogens is 1. The second-order valence-corrected chi connectivity index (χ2v) is 5.40. The van der Waals surface area contributed by atoms with E-state index in [1.54, 1.807) is 25.3 Å². The molecule has 0 N–H and O–H groups in total. The molecule has 1 heterocycles. The third kappa shape index (κ3) is 3.88. The Morgan fingerprint density at radius 3 is 2.86 bits per heavy atom. The zero-order valence-electron chi connectivity index (χ0n) is 12.0. The van der Waals surface area contributed by atoms with Gasteiger partial charge in [0.2, 0.25) is 0 Å². The molecule has 0 unspecified atom stereocenters. The summed E-state index contributed by atoms with van der Waals surface area (Å²) in [4.78, 5) is 25.7. The molecule has 0 bridgehead atoms. The van der Waals surface area contributed by atoms with Crippen molar-refractivity contribution in [3.8, 4) is 0 Å². The molecule has 1 aliphatic rings. The van der Waals surface area contributed by atoms with Crippen molar-refractivity contribution in [2.45, 2.75) is 25.8 Å². The second-order valence-electron chi connectivity index (χ2n) is 4.96. The summed E-state index contributed by atoms with van der Waals surface area (Å²) < 4.78 is 6.79. The number of esters is 1. The summed E-state index contributed by atoms with van der Waals surface area (Å²) in [6, 6.07) is 1.98. The lowest BCUT2D eigenvalue weighted by atomic mass is 10.3. The summed E-state index contributed by atoms with van der Waals surface area (Å²) in [5.74, 6) is -0.662. The van der Waals surface area contributed by atoms with Gasteiger partial charge in [0.05, 0.1) is 11.6 Å². The predicted octanol–water partition coefficient (Wildman–Crippen LogP) is 2.67. The topological polar surface area (TPSA) is 51.5 Å². The molecule has 1 aromatic rings. The van der Waals surface area contributed by atoms with Gasteiger partial charge in [-0.2, -0.15) is 0 Å². The maximum absolute atomic E-state index is 12.6. The van der Waals surface area contributed by atoms with Crippen LogP contribution in [0.1, 0.15) is 36.3 Å². The van der Waals surface area contributed by atoms with Gasteiger partial charge in [0.15, 0.2) is 0 Å². The predicted molar refractivity (Wildman–Crippen MR) is 80.4 cm³/mol. The molecule has 6 heteroatoms. The smallest absolute Gasteiger partial charge is 0.325 e. The van der Waals surface area contributed by atoms with Gasteiger partial charge in [0.25, 0.3) is 5.91 Å². The van der Waals surface area contributed by atoms with Crippen LogP contribution in [0.5, 0.6) is 0 Å². The molecule has 5 nitrogen and oxygen atoms in total. The number of carbonyl (C=O) groups excluding carboxylic acids is 2.